The third-order valence-electron chi connectivity index (χ3n) is 8.97. The molecule has 0 radical (unpaired) electrons. The second-order valence-corrected chi connectivity index (χ2v) is 12.3. The fraction of sp³-hybridized carbons (Fsp3) is 0.486. The van der Waals surface area contributed by atoms with Gasteiger partial charge in [-0.2, -0.15) is 13.2 Å². The van der Waals surface area contributed by atoms with Crippen molar-refractivity contribution in [1.82, 2.24) is 10.2 Å². The summed E-state index contributed by atoms with van der Waals surface area (Å²) in [6.45, 7) is 3.04. The Bertz CT molecular complexity index is 1380. The minimum absolute atomic E-state index is 0.161. The van der Waals surface area contributed by atoms with Crippen LogP contribution in [0.1, 0.15) is 86.5 Å². The number of ether oxygens (including phenoxy) is 3. The summed E-state index contributed by atoms with van der Waals surface area (Å²) in [7, 11) is 1.66. The predicted octanol–water partition coefficient (Wildman–Crippen LogP) is 8.32. The first-order valence-electron chi connectivity index (χ1n) is 16.5. The highest BCUT2D eigenvalue weighted by atomic mass is 19.4. The van der Waals surface area contributed by atoms with Gasteiger partial charge in [-0.15, -0.1) is 0 Å². The highest BCUT2D eigenvalue weighted by Gasteiger charge is 2.32. The van der Waals surface area contributed by atoms with Crippen molar-refractivity contribution in [2.75, 3.05) is 33.3 Å². The summed E-state index contributed by atoms with van der Waals surface area (Å²) < 4.78 is 56.8. The molecule has 46 heavy (non-hydrogen) atoms. The lowest BCUT2D eigenvalue weighted by atomic mass is 9.98. The molecule has 2 fully saturated rings. The van der Waals surface area contributed by atoms with Crippen molar-refractivity contribution in [3.05, 3.63) is 89.5 Å². The molecular weight excluding hydrogens is 593 g/mol. The van der Waals surface area contributed by atoms with E-state index in [9.17, 15) is 18.0 Å². The lowest BCUT2D eigenvalue weighted by molar-refractivity contribution is -0.137. The van der Waals surface area contributed by atoms with Crippen LogP contribution in [0.3, 0.4) is 0 Å². The van der Waals surface area contributed by atoms with E-state index in [0.29, 0.717) is 25.1 Å². The van der Waals surface area contributed by atoms with E-state index in [1.165, 1.54) is 25.0 Å². The fourth-order valence-corrected chi connectivity index (χ4v) is 6.37. The normalized spacial score (nSPS) is 17.8. The maximum atomic E-state index is 13.0. The van der Waals surface area contributed by atoms with Crippen molar-refractivity contribution in [2.24, 2.45) is 0 Å². The van der Waals surface area contributed by atoms with E-state index in [-0.39, 0.29) is 24.0 Å². The maximum Gasteiger partial charge on any atom is 0.416 e. The fourth-order valence-electron chi connectivity index (χ4n) is 6.37. The minimum atomic E-state index is -4.38. The van der Waals surface area contributed by atoms with Crippen molar-refractivity contribution in [3.63, 3.8) is 0 Å². The highest BCUT2D eigenvalue weighted by molar-refractivity contribution is 5.79. The van der Waals surface area contributed by atoms with Gasteiger partial charge >= 0.3 is 6.18 Å². The number of benzene rings is 3. The van der Waals surface area contributed by atoms with Gasteiger partial charge in [0, 0.05) is 31.8 Å². The van der Waals surface area contributed by atoms with E-state index in [1.807, 2.05) is 41.3 Å². The summed E-state index contributed by atoms with van der Waals surface area (Å²) in [4.78, 5) is 14.8. The second-order valence-electron chi connectivity index (χ2n) is 12.3. The van der Waals surface area contributed by atoms with Crippen LogP contribution in [-0.2, 0) is 11.0 Å². The summed E-state index contributed by atoms with van der Waals surface area (Å²) in [5, 5.41) is 3.48. The molecule has 6 nitrogen and oxygen atoms in total. The lowest BCUT2D eigenvalue weighted by Crippen LogP contribution is -2.26. The van der Waals surface area contributed by atoms with Crippen LogP contribution in [0.15, 0.2) is 72.8 Å². The van der Waals surface area contributed by atoms with E-state index < -0.39 is 11.7 Å². The highest BCUT2D eigenvalue weighted by Crippen LogP contribution is 2.37. The van der Waals surface area contributed by atoms with Gasteiger partial charge in [0.2, 0.25) is 5.91 Å². The van der Waals surface area contributed by atoms with Gasteiger partial charge in [0.1, 0.15) is 11.9 Å². The molecule has 0 bridgehead atoms. The molecule has 3 aromatic rings. The van der Waals surface area contributed by atoms with Crippen LogP contribution in [0.5, 0.6) is 17.2 Å². The van der Waals surface area contributed by atoms with Crippen LogP contribution in [0.2, 0.25) is 0 Å². The number of amides is 1. The number of methoxy groups -OCH3 is 1. The lowest BCUT2D eigenvalue weighted by Gasteiger charge is -2.20. The number of halogens is 3. The van der Waals surface area contributed by atoms with Crippen LogP contribution >= 0.6 is 0 Å². The van der Waals surface area contributed by atoms with Crippen molar-refractivity contribution in [1.29, 1.82) is 0 Å². The van der Waals surface area contributed by atoms with Crippen LogP contribution in [0.4, 0.5) is 13.2 Å². The summed E-state index contributed by atoms with van der Waals surface area (Å²) in [6.07, 6.45) is 4.28. The first-order chi connectivity index (χ1) is 22.3. The molecule has 5 rings (SSSR count). The molecule has 1 N–H and O–H groups in total. The van der Waals surface area contributed by atoms with Crippen LogP contribution in [0.25, 0.3) is 0 Å². The molecule has 9 heteroatoms. The van der Waals surface area contributed by atoms with Gasteiger partial charge in [0.25, 0.3) is 0 Å². The number of rotatable bonds is 16. The molecule has 3 aromatic carbocycles. The monoisotopic (exact) mass is 638 g/mol. The Morgan fingerprint density at radius 3 is 2.39 bits per heavy atom. The van der Waals surface area contributed by atoms with Crippen molar-refractivity contribution in [3.8, 4) is 17.2 Å². The van der Waals surface area contributed by atoms with Crippen LogP contribution in [-0.4, -0.2) is 50.2 Å². The van der Waals surface area contributed by atoms with Crippen LogP contribution in [0, 0.1) is 0 Å². The molecule has 2 aliphatic rings. The van der Waals surface area contributed by atoms with E-state index in [0.717, 1.165) is 86.5 Å². The van der Waals surface area contributed by atoms with Crippen LogP contribution < -0.4 is 19.5 Å². The molecule has 0 spiro atoms. The van der Waals surface area contributed by atoms with Crippen molar-refractivity contribution < 1.29 is 32.2 Å². The van der Waals surface area contributed by atoms with Gasteiger partial charge in [0.15, 0.2) is 11.5 Å². The summed E-state index contributed by atoms with van der Waals surface area (Å²) in [5.74, 6) is 2.30. The quantitative estimate of drug-likeness (QED) is 0.160. The maximum absolute atomic E-state index is 13.0. The number of hydrogen-bond acceptors (Lipinski definition) is 5. The molecule has 248 valence electrons. The molecule has 0 aromatic heterocycles. The third-order valence-corrected chi connectivity index (χ3v) is 8.97. The van der Waals surface area contributed by atoms with E-state index in [2.05, 4.69) is 17.4 Å². The number of nitrogens with zero attached hydrogens (tertiary/aromatic N) is 1. The molecule has 2 unspecified atom stereocenters. The zero-order chi connectivity index (χ0) is 32.4. The number of likely N-dealkylation sites (tertiary alicyclic amines) is 1. The number of alkyl halides is 3. The average molecular weight is 639 g/mol. The Kier molecular flexibility index (Phi) is 11.9. The molecule has 1 saturated carbocycles. The van der Waals surface area contributed by atoms with Gasteiger partial charge in [-0.25, -0.2) is 0 Å². The summed E-state index contributed by atoms with van der Waals surface area (Å²) in [6, 6.07) is 20.7. The Morgan fingerprint density at radius 1 is 0.913 bits per heavy atom. The van der Waals surface area contributed by atoms with Gasteiger partial charge in [-0.3, -0.25) is 4.79 Å². The second kappa shape index (κ2) is 16.2. The smallest absolute Gasteiger partial charge is 0.416 e. The number of unbranched alkanes of at least 4 members (excludes halogenated alkanes) is 2. The molecule has 1 amide bonds. The Balaban J connectivity index is 1.02. The molecule has 2 atom stereocenters. The summed E-state index contributed by atoms with van der Waals surface area (Å²) >= 11 is 0. The van der Waals surface area contributed by atoms with Crippen molar-refractivity contribution >= 4 is 5.91 Å². The molecule has 1 heterocycles. The van der Waals surface area contributed by atoms with E-state index in [1.54, 1.807) is 7.11 Å². The number of carbonyl (C=O) groups excluding carboxylic acids is 1. The van der Waals surface area contributed by atoms with Gasteiger partial charge in [-0.1, -0.05) is 42.8 Å². The van der Waals surface area contributed by atoms with Gasteiger partial charge in [-0.05, 0) is 99.1 Å². The van der Waals surface area contributed by atoms with E-state index >= 15 is 0 Å². The zero-order valence-electron chi connectivity index (χ0n) is 26.6. The SMILES string of the molecule is COc1ccc(C2CC(=O)N(CCCCCNCCC(Oc3ccc(C(F)(F)F)cc3)c3ccccc3)C2)cc1OC1CCCC1. The number of hydrogen-bond donors (Lipinski definition) is 1. The topological polar surface area (TPSA) is 60.0 Å². The molecule has 1 saturated heterocycles. The Labute approximate surface area is 270 Å². The Morgan fingerprint density at radius 2 is 1.67 bits per heavy atom. The molecule has 1 aliphatic carbocycles. The zero-order valence-corrected chi connectivity index (χ0v) is 26.6. The predicted molar refractivity (Wildman–Crippen MR) is 172 cm³/mol. The van der Waals surface area contributed by atoms with Gasteiger partial charge < -0.3 is 24.4 Å². The molecule has 1 aliphatic heterocycles. The first kappa shape index (κ1) is 33.6. The Hall–Kier alpha value is -3.72. The standard InChI is InChI=1S/C37H45F3N2O4/c1-44-34-19-14-28(24-35(34)46-31-12-6-7-13-31)29-25-36(43)42(26-29)23-9-3-8-21-41-22-20-33(27-10-4-2-5-11-27)45-32-17-15-30(16-18-32)37(38,39)40/h2,4-5,10-11,14-19,24,29,31,33,41H,3,6-9,12-13,20-23,25-26H2,1H3. The third kappa shape index (κ3) is 9.41. The average Bonchev–Trinajstić information content (AvgIpc) is 3.71. The number of carbonyl (C=O) groups is 1. The van der Waals surface area contributed by atoms with E-state index in [4.69, 9.17) is 14.2 Å². The largest absolute Gasteiger partial charge is 0.493 e. The minimum Gasteiger partial charge on any atom is -0.493 e. The van der Waals surface area contributed by atoms with Crippen molar-refractivity contribution in [2.45, 2.75) is 82.1 Å². The first-order valence-corrected chi connectivity index (χ1v) is 16.5. The number of nitrogens with one attached hydrogen (secondary N) is 1. The molecular formula is C37H45F3N2O4. The summed E-state index contributed by atoms with van der Waals surface area (Å²) in [5.41, 5.74) is 1.41. The van der Waals surface area contributed by atoms with Gasteiger partial charge in [0.05, 0.1) is 18.8 Å².